The minimum Gasteiger partial charge on any atom is -0.476 e. The highest BCUT2D eigenvalue weighted by Crippen LogP contribution is 2.23. The molecule has 148 valence electrons. The first-order valence-electron chi connectivity index (χ1n) is 10.0. The molecule has 0 aromatic heterocycles. The molecule has 0 spiro atoms. The van der Waals surface area contributed by atoms with E-state index in [-0.39, 0.29) is 11.9 Å². The summed E-state index contributed by atoms with van der Waals surface area (Å²) in [5.41, 5.74) is 2.21. The second-order valence-electron chi connectivity index (χ2n) is 7.59. The number of nitrogens with zero attached hydrogens (tertiary/aromatic N) is 1. The zero-order chi connectivity index (χ0) is 19.8. The molecule has 1 saturated heterocycles. The van der Waals surface area contributed by atoms with Crippen molar-refractivity contribution < 1.29 is 9.53 Å². The number of likely N-dealkylation sites (tertiary alicyclic amines) is 1. The standard InChI is InChI=1S/C24H30N2O2/c1-19(2)13-16-26-17-14-21(15-18-26)25-24(27)23(20-9-5-3-6-10-20)28-22-11-7-4-8-12-22/h3-13,21,23H,14-18H2,1-2H3,(H,25,27). The lowest BCUT2D eigenvalue weighted by atomic mass is 10.0. The number of rotatable bonds is 7. The third kappa shape index (κ3) is 5.96. The predicted molar refractivity (Wildman–Crippen MR) is 113 cm³/mol. The van der Waals surface area contributed by atoms with Crippen LogP contribution in [0.3, 0.4) is 0 Å². The van der Waals surface area contributed by atoms with Gasteiger partial charge in [0.05, 0.1) is 0 Å². The maximum Gasteiger partial charge on any atom is 0.266 e. The van der Waals surface area contributed by atoms with Crippen LogP contribution >= 0.6 is 0 Å². The third-order valence-electron chi connectivity index (χ3n) is 5.03. The van der Waals surface area contributed by atoms with Crippen molar-refractivity contribution >= 4 is 5.91 Å². The van der Waals surface area contributed by atoms with Crippen LogP contribution in [0.25, 0.3) is 0 Å². The Bertz CT molecular complexity index is 762. The molecule has 0 radical (unpaired) electrons. The van der Waals surface area contributed by atoms with E-state index in [1.54, 1.807) is 0 Å². The molecule has 0 saturated carbocycles. The molecule has 0 aliphatic carbocycles. The van der Waals surface area contributed by atoms with Gasteiger partial charge < -0.3 is 10.1 Å². The summed E-state index contributed by atoms with van der Waals surface area (Å²) in [5.74, 6) is 0.626. The number of carbonyl (C=O) groups is 1. The van der Waals surface area contributed by atoms with Gasteiger partial charge in [-0.1, -0.05) is 60.2 Å². The van der Waals surface area contributed by atoms with Crippen LogP contribution in [0.4, 0.5) is 0 Å². The van der Waals surface area contributed by atoms with Crippen LogP contribution in [0.1, 0.15) is 38.4 Å². The Labute approximate surface area is 168 Å². The van der Waals surface area contributed by atoms with Crippen molar-refractivity contribution in [3.05, 3.63) is 77.9 Å². The number of para-hydroxylation sites is 1. The zero-order valence-electron chi connectivity index (χ0n) is 16.8. The molecule has 1 atom stereocenters. The molecule has 1 heterocycles. The molecular formula is C24H30N2O2. The number of nitrogens with one attached hydrogen (secondary N) is 1. The number of hydrogen-bond donors (Lipinski definition) is 1. The lowest BCUT2D eigenvalue weighted by Crippen LogP contribution is -2.46. The fourth-order valence-corrected chi connectivity index (χ4v) is 3.38. The average Bonchev–Trinajstić information content (AvgIpc) is 2.73. The second kappa shape index (κ2) is 10.1. The first-order valence-corrected chi connectivity index (χ1v) is 10.0. The van der Waals surface area contributed by atoms with Gasteiger partial charge in [-0.3, -0.25) is 9.69 Å². The van der Waals surface area contributed by atoms with Gasteiger partial charge in [-0.05, 0) is 38.8 Å². The van der Waals surface area contributed by atoms with Crippen LogP contribution in [0.5, 0.6) is 5.75 Å². The van der Waals surface area contributed by atoms with Crippen LogP contribution in [0.15, 0.2) is 72.3 Å². The molecule has 4 heteroatoms. The zero-order valence-corrected chi connectivity index (χ0v) is 16.8. The second-order valence-corrected chi connectivity index (χ2v) is 7.59. The molecule has 3 rings (SSSR count). The Morgan fingerprint density at radius 2 is 1.68 bits per heavy atom. The van der Waals surface area contributed by atoms with Gasteiger partial charge in [-0.2, -0.15) is 0 Å². The first-order chi connectivity index (χ1) is 13.6. The van der Waals surface area contributed by atoms with E-state index in [0.29, 0.717) is 5.75 Å². The topological polar surface area (TPSA) is 41.6 Å². The summed E-state index contributed by atoms with van der Waals surface area (Å²) in [6, 6.07) is 19.4. The Morgan fingerprint density at radius 1 is 1.07 bits per heavy atom. The minimum atomic E-state index is -0.646. The van der Waals surface area contributed by atoms with E-state index in [1.807, 2.05) is 60.7 Å². The van der Waals surface area contributed by atoms with Gasteiger partial charge in [0.15, 0.2) is 0 Å². The van der Waals surface area contributed by atoms with E-state index in [2.05, 4.69) is 30.1 Å². The van der Waals surface area contributed by atoms with Gasteiger partial charge in [-0.25, -0.2) is 0 Å². The van der Waals surface area contributed by atoms with Crippen molar-refractivity contribution in [2.75, 3.05) is 19.6 Å². The highest BCUT2D eigenvalue weighted by atomic mass is 16.5. The summed E-state index contributed by atoms with van der Waals surface area (Å²) in [4.78, 5) is 15.5. The summed E-state index contributed by atoms with van der Waals surface area (Å²) in [6.45, 7) is 7.26. The van der Waals surface area contributed by atoms with E-state index in [4.69, 9.17) is 4.74 Å². The summed E-state index contributed by atoms with van der Waals surface area (Å²) in [7, 11) is 0. The molecular weight excluding hydrogens is 348 g/mol. The molecule has 1 amide bonds. The lowest BCUT2D eigenvalue weighted by molar-refractivity contribution is -0.129. The van der Waals surface area contributed by atoms with E-state index in [1.165, 1.54) is 5.57 Å². The van der Waals surface area contributed by atoms with E-state index in [9.17, 15) is 4.79 Å². The maximum atomic E-state index is 13.1. The highest BCUT2D eigenvalue weighted by Gasteiger charge is 2.27. The van der Waals surface area contributed by atoms with Gasteiger partial charge in [0.2, 0.25) is 6.10 Å². The number of benzene rings is 2. The SMILES string of the molecule is CC(C)=CCN1CCC(NC(=O)C(Oc2ccccc2)c2ccccc2)CC1. The molecule has 1 aliphatic rings. The fourth-order valence-electron chi connectivity index (χ4n) is 3.38. The van der Waals surface area contributed by atoms with E-state index >= 15 is 0 Å². The molecule has 0 bridgehead atoms. The normalized spacial score (nSPS) is 16.2. The number of carbonyl (C=O) groups excluding carboxylic acids is 1. The van der Waals surface area contributed by atoms with Crippen molar-refractivity contribution in [2.45, 2.75) is 38.8 Å². The average molecular weight is 379 g/mol. The van der Waals surface area contributed by atoms with Crippen LogP contribution in [0.2, 0.25) is 0 Å². The smallest absolute Gasteiger partial charge is 0.266 e. The first kappa shape index (κ1) is 20.2. The lowest BCUT2D eigenvalue weighted by Gasteiger charge is -2.32. The largest absolute Gasteiger partial charge is 0.476 e. The van der Waals surface area contributed by atoms with Gasteiger partial charge in [0.1, 0.15) is 5.75 Å². The monoisotopic (exact) mass is 378 g/mol. The molecule has 1 fully saturated rings. The maximum absolute atomic E-state index is 13.1. The number of ether oxygens (including phenoxy) is 1. The molecule has 4 nitrogen and oxygen atoms in total. The number of allylic oxidation sites excluding steroid dienone is 1. The highest BCUT2D eigenvalue weighted by molar-refractivity contribution is 5.82. The summed E-state index contributed by atoms with van der Waals surface area (Å²) in [5, 5.41) is 3.22. The predicted octanol–water partition coefficient (Wildman–Crippen LogP) is 4.35. The molecule has 1 N–H and O–H groups in total. The third-order valence-corrected chi connectivity index (χ3v) is 5.03. The van der Waals surface area contributed by atoms with Gasteiger partial charge in [0, 0.05) is 31.2 Å². The van der Waals surface area contributed by atoms with Crippen molar-refractivity contribution in [3.63, 3.8) is 0 Å². The summed E-state index contributed by atoms with van der Waals surface area (Å²) >= 11 is 0. The number of piperidine rings is 1. The molecule has 1 unspecified atom stereocenters. The fraction of sp³-hybridized carbons (Fsp3) is 0.375. The Hall–Kier alpha value is -2.59. The van der Waals surface area contributed by atoms with Crippen molar-refractivity contribution in [3.8, 4) is 5.75 Å². The van der Waals surface area contributed by atoms with Gasteiger partial charge in [-0.15, -0.1) is 0 Å². The van der Waals surface area contributed by atoms with E-state index in [0.717, 1.165) is 38.0 Å². The summed E-state index contributed by atoms with van der Waals surface area (Å²) in [6.07, 6.45) is 3.55. The Morgan fingerprint density at radius 3 is 2.29 bits per heavy atom. The number of amides is 1. The molecule has 28 heavy (non-hydrogen) atoms. The molecule has 2 aromatic carbocycles. The van der Waals surface area contributed by atoms with Crippen LogP contribution < -0.4 is 10.1 Å². The molecule has 2 aromatic rings. The van der Waals surface area contributed by atoms with Crippen LogP contribution in [-0.4, -0.2) is 36.5 Å². The van der Waals surface area contributed by atoms with Crippen molar-refractivity contribution in [1.82, 2.24) is 10.2 Å². The van der Waals surface area contributed by atoms with Crippen molar-refractivity contribution in [1.29, 1.82) is 0 Å². The quantitative estimate of drug-likeness (QED) is 0.728. The van der Waals surface area contributed by atoms with Gasteiger partial charge >= 0.3 is 0 Å². The van der Waals surface area contributed by atoms with Crippen molar-refractivity contribution in [2.24, 2.45) is 0 Å². The summed E-state index contributed by atoms with van der Waals surface area (Å²) < 4.78 is 6.06. The Balaban J connectivity index is 1.61. The Kier molecular flexibility index (Phi) is 7.26. The van der Waals surface area contributed by atoms with Crippen LogP contribution in [-0.2, 0) is 4.79 Å². The minimum absolute atomic E-state index is 0.0715. The van der Waals surface area contributed by atoms with Gasteiger partial charge in [0.25, 0.3) is 5.91 Å². The molecule has 1 aliphatic heterocycles. The van der Waals surface area contributed by atoms with Crippen LogP contribution in [0, 0.1) is 0 Å². The van der Waals surface area contributed by atoms with E-state index < -0.39 is 6.10 Å². The number of hydrogen-bond acceptors (Lipinski definition) is 3.